The van der Waals surface area contributed by atoms with Crippen LogP contribution in [0.5, 0.6) is 0 Å². The maximum atomic E-state index is 12.6. The van der Waals surface area contributed by atoms with Gasteiger partial charge >= 0.3 is 6.18 Å². The number of hydrogen-bond donors (Lipinski definition) is 1. The van der Waals surface area contributed by atoms with Gasteiger partial charge in [0.15, 0.2) is 0 Å². The number of aromatic nitrogens is 2. The molecular weight excluding hydrogens is 307 g/mol. The van der Waals surface area contributed by atoms with Crippen molar-refractivity contribution in [2.75, 3.05) is 4.72 Å². The number of nitrogens with one attached hydrogen (secondary N) is 1. The third-order valence-corrected chi connectivity index (χ3v) is 4.06. The van der Waals surface area contributed by atoms with Crippen LogP contribution in [0.15, 0.2) is 41.6 Å². The van der Waals surface area contributed by atoms with Gasteiger partial charge in [-0.25, -0.2) is 8.42 Å². The fraction of sp³-hybridized carbons (Fsp3) is 0.250. The van der Waals surface area contributed by atoms with Crippen LogP contribution in [0.2, 0.25) is 0 Å². The van der Waals surface area contributed by atoms with Gasteiger partial charge in [-0.05, 0) is 25.1 Å². The molecule has 9 heteroatoms. The van der Waals surface area contributed by atoms with Crippen LogP contribution >= 0.6 is 0 Å². The van der Waals surface area contributed by atoms with Crippen molar-refractivity contribution in [3.05, 3.63) is 42.2 Å². The molecule has 1 N–H and O–H groups in total. The molecular formula is C12H12F3N3O2S. The molecule has 0 spiro atoms. The molecule has 0 saturated carbocycles. The Labute approximate surface area is 119 Å². The molecule has 21 heavy (non-hydrogen) atoms. The Morgan fingerprint density at radius 1 is 1.33 bits per heavy atom. The number of nitrogens with zero attached hydrogens (tertiary/aromatic N) is 2. The van der Waals surface area contributed by atoms with Gasteiger partial charge in [-0.15, -0.1) is 0 Å². The fourth-order valence-electron chi connectivity index (χ4n) is 1.64. The normalized spacial score (nSPS) is 12.4. The summed E-state index contributed by atoms with van der Waals surface area (Å²) in [6, 6.07) is 3.55. The molecule has 0 unspecified atom stereocenters. The summed E-state index contributed by atoms with van der Waals surface area (Å²) in [5, 5.41) is 3.88. The van der Waals surface area contributed by atoms with Gasteiger partial charge in [0.05, 0.1) is 22.3 Å². The Morgan fingerprint density at radius 3 is 2.62 bits per heavy atom. The molecule has 5 nitrogen and oxygen atoms in total. The number of alkyl halides is 3. The first kappa shape index (κ1) is 15.4. The van der Waals surface area contributed by atoms with Crippen molar-refractivity contribution in [2.24, 2.45) is 0 Å². The van der Waals surface area contributed by atoms with E-state index in [1.807, 2.05) is 6.92 Å². The average Bonchev–Trinajstić information content (AvgIpc) is 2.85. The predicted octanol–water partition coefficient (Wildman–Crippen LogP) is 2.72. The second-order valence-corrected chi connectivity index (χ2v) is 5.90. The summed E-state index contributed by atoms with van der Waals surface area (Å²) >= 11 is 0. The molecule has 0 aliphatic heterocycles. The van der Waals surface area contributed by atoms with E-state index in [4.69, 9.17) is 0 Å². The van der Waals surface area contributed by atoms with Crippen molar-refractivity contribution in [1.82, 2.24) is 9.78 Å². The molecule has 0 saturated heterocycles. The highest BCUT2D eigenvalue weighted by Gasteiger charge is 2.31. The zero-order chi connectivity index (χ0) is 15.7. The highest BCUT2D eigenvalue weighted by molar-refractivity contribution is 7.92. The van der Waals surface area contributed by atoms with Gasteiger partial charge in [0.25, 0.3) is 10.0 Å². The molecule has 1 aromatic carbocycles. The van der Waals surface area contributed by atoms with E-state index in [0.29, 0.717) is 12.6 Å². The van der Waals surface area contributed by atoms with Crippen molar-refractivity contribution >= 4 is 15.7 Å². The van der Waals surface area contributed by atoms with E-state index in [9.17, 15) is 21.6 Å². The molecule has 0 bridgehead atoms. The summed E-state index contributed by atoms with van der Waals surface area (Å²) in [4.78, 5) is -0.457. The van der Waals surface area contributed by atoms with Crippen LogP contribution in [0.3, 0.4) is 0 Å². The van der Waals surface area contributed by atoms with Gasteiger partial charge in [0, 0.05) is 12.7 Å². The summed E-state index contributed by atoms with van der Waals surface area (Å²) < 4.78 is 65.6. The Bertz CT molecular complexity index is 738. The number of anilines is 1. The van der Waals surface area contributed by atoms with Crippen LogP contribution in [0.25, 0.3) is 0 Å². The van der Waals surface area contributed by atoms with E-state index in [1.54, 1.807) is 0 Å². The van der Waals surface area contributed by atoms with Crippen LogP contribution in [0.1, 0.15) is 12.5 Å². The first-order chi connectivity index (χ1) is 9.72. The third kappa shape index (κ3) is 3.54. The molecule has 114 valence electrons. The van der Waals surface area contributed by atoms with E-state index in [2.05, 4.69) is 9.82 Å². The molecule has 0 fully saturated rings. The minimum Gasteiger partial charge on any atom is -0.276 e. The second kappa shape index (κ2) is 5.40. The minimum absolute atomic E-state index is 0.189. The van der Waals surface area contributed by atoms with Gasteiger partial charge in [0.2, 0.25) is 0 Å². The van der Waals surface area contributed by atoms with E-state index in [0.717, 1.165) is 18.2 Å². The van der Waals surface area contributed by atoms with E-state index in [1.165, 1.54) is 17.1 Å². The van der Waals surface area contributed by atoms with Crippen LogP contribution in [-0.4, -0.2) is 18.2 Å². The van der Waals surface area contributed by atoms with Crippen LogP contribution in [-0.2, 0) is 22.7 Å². The summed E-state index contributed by atoms with van der Waals surface area (Å²) in [5.74, 6) is 0. The zero-order valence-electron chi connectivity index (χ0n) is 10.9. The molecule has 0 atom stereocenters. The zero-order valence-corrected chi connectivity index (χ0v) is 11.7. The lowest BCUT2D eigenvalue weighted by atomic mass is 10.2. The van der Waals surface area contributed by atoms with Crippen molar-refractivity contribution in [3.8, 4) is 0 Å². The number of benzene rings is 1. The first-order valence-electron chi connectivity index (χ1n) is 5.95. The lowest BCUT2D eigenvalue weighted by Crippen LogP contribution is -2.14. The molecule has 2 aromatic rings. The maximum Gasteiger partial charge on any atom is 0.416 e. The standard InChI is InChI=1S/C12H12F3N3O2S/c1-2-18-8-10(7-16-18)17-21(19,20)11-5-3-4-9(6-11)12(13,14)15/h3-8,17H,2H2,1H3. The Kier molecular flexibility index (Phi) is 3.95. The smallest absolute Gasteiger partial charge is 0.276 e. The Morgan fingerprint density at radius 2 is 2.05 bits per heavy atom. The van der Waals surface area contributed by atoms with Gasteiger partial charge in [-0.2, -0.15) is 18.3 Å². The van der Waals surface area contributed by atoms with Crippen LogP contribution in [0.4, 0.5) is 18.9 Å². The summed E-state index contributed by atoms with van der Waals surface area (Å²) in [6.45, 7) is 2.36. The number of hydrogen-bond acceptors (Lipinski definition) is 3. The SMILES string of the molecule is CCn1cc(NS(=O)(=O)c2cccc(C(F)(F)F)c2)cn1. The third-order valence-electron chi connectivity index (χ3n) is 2.68. The number of sulfonamides is 1. The summed E-state index contributed by atoms with van der Waals surface area (Å²) in [7, 11) is -4.09. The van der Waals surface area contributed by atoms with Crippen LogP contribution in [0, 0.1) is 0 Å². The van der Waals surface area contributed by atoms with Crippen molar-refractivity contribution in [1.29, 1.82) is 0 Å². The summed E-state index contributed by atoms with van der Waals surface area (Å²) in [6.07, 6.45) is -1.86. The van der Waals surface area contributed by atoms with Crippen molar-refractivity contribution < 1.29 is 21.6 Å². The Balaban J connectivity index is 2.31. The highest BCUT2D eigenvalue weighted by Crippen LogP contribution is 2.30. The molecule has 0 amide bonds. The van der Waals surface area contributed by atoms with Crippen LogP contribution < -0.4 is 4.72 Å². The number of aryl methyl sites for hydroxylation is 1. The van der Waals surface area contributed by atoms with E-state index in [-0.39, 0.29) is 5.69 Å². The molecule has 0 radical (unpaired) electrons. The van der Waals surface area contributed by atoms with Gasteiger partial charge in [0.1, 0.15) is 0 Å². The first-order valence-corrected chi connectivity index (χ1v) is 7.43. The topological polar surface area (TPSA) is 64.0 Å². The lowest BCUT2D eigenvalue weighted by molar-refractivity contribution is -0.137. The largest absolute Gasteiger partial charge is 0.416 e. The molecule has 0 aliphatic rings. The molecule has 2 rings (SSSR count). The highest BCUT2D eigenvalue weighted by atomic mass is 32.2. The molecule has 1 heterocycles. The molecule has 0 aliphatic carbocycles. The number of rotatable bonds is 4. The fourth-order valence-corrected chi connectivity index (χ4v) is 2.72. The second-order valence-electron chi connectivity index (χ2n) is 4.22. The maximum absolute atomic E-state index is 12.6. The summed E-state index contributed by atoms with van der Waals surface area (Å²) in [5.41, 5.74) is -0.830. The van der Waals surface area contributed by atoms with E-state index < -0.39 is 26.7 Å². The predicted molar refractivity (Wildman–Crippen MR) is 70.2 cm³/mol. The molecule has 1 aromatic heterocycles. The monoisotopic (exact) mass is 319 g/mol. The van der Waals surface area contributed by atoms with Gasteiger partial charge < -0.3 is 0 Å². The van der Waals surface area contributed by atoms with Gasteiger partial charge in [-0.1, -0.05) is 6.07 Å². The van der Waals surface area contributed by atoms with Crippen molar-refractivity contribution in [3.63, 3.8) is 0 Å². The minimum atomic E-state index is -4.60. The van der Waals surface area contributed by atoms with E-state index >= 15 is 0 Å². The van der Waals surface area contributed by atoms with Crippen molar-refractivity contribution in [2.45, 2.75) is 24.5 Å². The average molecular weight is 319 g/mol. The van der Waals surface area contributed by atoms with Gasteiger partial charge in [-0.3, -0.25) is 9.40 Å². The quantitative estimate of drug-likeness (QED) is 0.942. The number of halogens is 3. The lowest BCUT2D eigenvalue weighted by Gasteiger charge is -2.10. The Hall–Kier alpha value is -2.03.